The number of benzene rings is 3. The molecular weight excluding hydrogens is 489 g/mol. The number of aromatic nitrogens is 1. The van der Waals surface area contributed by atoms with Gasteiger partial charge >= 0.3 is 5.97 Å². The first-order valence-electron chi connectivity index (χ1n) is 10.8. The number of methoxy groups -OCH3 is 1. The molecule has 0 aliphatic rings. The molecule has 1 unspecified atom stereocenters. The number of pyridine rings is 1. The molecule has 0 amide bonds. The Morgan fingerprint density at radius 2 is 1.69 bits per heavy atom. The summed E-state index contributed by atoms with van der Waals surface area (Å²) in [5.74, 6) is 0.0469. The summed E-state index contributed by atoms with van der Waals surface area (Å²) in [4.78, 5) is 13.1. The Bertz CT molecular complexity index is 1530. The second-order valence-electron chi connectivity index (χ2n) is 7.92. The SMILES string of the molecule is COc1ccc(C(Cc2c(Cl)c[n+]([O-])cc2Cl)OC(=O)c2ccccc2)c2c1oc1ccccc12. The average molecular weight is 508 g/mol. The lowest BCUT2D eigenvalue weighted by molar-refractivity contribution is -0.605. The number of fused-ring (bicyclic) bond motifs is 3. The summed E-state index contributed by atoms with van der Waals surface area (Å²) < 4.78 is 18.2. The molecule has 2 aromatic heterocycles. The van der Waals surface area contributed by atoms with Gasteiger partial charge < -0.3 is 19.1 Å². The van der Waals surface area contributed by atoms with E-state index in [0.717, 1.165) is 10.8 Å². The minimum Gasteiger partial charge on any atom is -0.619 e. The Morgan fingerprint density at radius 3 is 2.40 bits per heavy atom. The molecule has 0 saturated heterocycles. The van der Waals surface area contributed by atoms with E-state index in [2.05, 4.69) is 0 Å². The van der Waals surface area contributed by atoms with Crippen LogP contribution in [0.25, 0.3) is 21.9 Å². The van der Waals surface area contributed by atoms with Crippen LogP contribution in [0.2, 0.25) is 10.0 Å². The van der Waals surface area contributed by atoms with Crippen molar-refractivity contribution in [3.63, 3.8) is 0 Å². The van der Waals surface area contributed by atoms with E-state index in [1.165, 1.54) is 12.4 Å². The van der Waals surface area contributed by atoms with Gasteiger partial charge in [0.05, 0.1) is 12.7 Å². The predicted molar refractivity (Wildman–Crippen MR) is 134 cm³/mol. The van der Waals surface area contributed by atoms with Crippen molar-refractivity contribution in [2.75, 3.05) is 7.11 Å². The molecule has 0 fully saturated rings. The van der Waals surface area contributed by atoms with Crippen LogP contribution in [0.15, 0.2) is 83.5 Å². The molecule has 0 spiro atoms. The van der Waals surface area contributed by atoms with Gasteiger partial charge in [0, 0.05) is 28.3 Å². The molecule has 35 heavy (non-hydrogen) atoms. The van der Waals surface area contributed by atoms with Crippen molar-refractivity contribution >= 4 is 51.1 Å². The normalized spacial score (nSPS) is 12.1. The van der Waals surface area contributed by atoms with E-state index in [9.17, 15) is 10.0 Å². The fraction of sp³-hybridized carbons (Fsp3) is 0.111. The van der Waals surface area contributed by atoms with E-state index in [1.54, 1.807) is 37.4 Å². The lowest BCUT2D eigenvalue weighted by atomic mass is 9.96. The molecule has 3 aromatic carbocycles. The number of halogens is 2. The largest absolute Gasteiger partial charge is 0.619 e. The topological polar surface area (TPSA) is 75.6 Å². The maximum Gasteiger partial charge on any atom is 0.338 e. The first kappa shape index (κ1) is 23.0. The number of esters is 1. The van der Waals surface area contributed by atoms with Crippen LogP contribution in [0.4, 0.5) is 0 Å². The summed E-state index contributed by atoms with van der Waals surface area (Å²) in [6.45, 7) is 0. The van der Waals surface area contributed by atoms with Crippen LogP contribution < -0.4 is 9.47 Å². The fourth-order valence-corrected chi connectivity index (χ4v) is 4.76. The minimum absolute atomic E-state index is 0.137. The summed E-state index contributed by atoms with van der Waals surface area (Å²) in [5.41, 5.74) is 2.80. The number of nitrogens with zero attached hydrogens (tertiary/aromatic N) is 1. The number of furan rings is 1. The molecule has 0 aliphatic heterocycles. The van der Waals surface area contributed by atoms with Gasteiger partial charge in [0.25, 0.3) is 0 Å². The summed E-state index contributed by atoms with van der Waals surface area (Å²) >= 11 is 12.8. The van der Waals surface area contributed by atoms with Crippen LogP contribution in [0.5, 0.6) is 5.75 Å². The molecule has 1 atom stereocenters. The van der Waals surface area contributed by atoms with Gasteiger partial charge in [-0.3, -0.25) is 0 Å². The number of ether oxygens (including phenoxy) is 2. The molecule has 6 nitrogen and oxygen atoms in total. The number of hydrogen-bond acceptors (Lipinski definition) is 5. The van der Waals surface area contributed by atoms with Gasteiger partial charge in [0.15, 0.2) is 23.7 Å². The van der Waals surface area contributed by atoms with Crippen molar-refractivity contribution in [3.8, 4) is 5.75 Å². The summed E-state index contributed by atoms with van der Waals surface area (Å²) in [5, 5.41) is 13.7. The highest BCUT2D eigenvalue weighted by molar-refractivity contribution is 6.35. The van der Waals surface area contributed by atoms with E-state index in [1.807, 2.05) is 36.4 Å². The van der Waals surface area contributed by atoms with Crippen molar-refractivity contribution in [3.05, 3.63) is 111 Å². The Balaban J connectivity index is 1.69. The number of hydrogen-bond donors (Lipinski definition) is 0. The Morgan fingerprint density at radius 1 is 1.00 bits per heavy atom. The molecule has 8 heteroatoms. The van der Waals surface area contributed by atoms with E-state index in [4.69, 9.17) is 37.1 Å². The van der Waals surface area contributed by atoms with Crippen molar-refractivity contribution < 1.29 is 23.4 Å². The minimum atomic E-state index is -0.797. The Hall–Kier alpha value is -3.74. The number of carbonyl (C=O) groups is 1. The van der Waals surface area contributed by atoms with Crippen molar-refractivity contribution in [2.24, 2.45) is 0 Å². The summed E-state index contributed by atoms with van der Waals surface area (Å²) in [6, 6.07) is 19.9. The van der Waals surface area contributed by atoms with Crippen LogP contribution in [0, 0.1) is 5.21 Å². The molecule has 176 valence electrons. The zero-order valence-electron chi connectivity index (χ0n) is 18.5. The molecular formula is C27H19Cl2NO5. The number of carbonyl (C=O) groups excluding carboxylic acids is 1. The highest BCUT2D eigenvalue weighted by atomic mass is 35.5. The number of para-hydroxylation sites is 1. The highest BCUT2D eigenvalue weighted by Crippen LogP contribution is 2.41. The quantitative estimate of drug-likeness (QED) is 0.145. The van der Waals surface area contributed by atoms with Crippen LogP contribution in [0.1, 0.15) is 27.6 Å². The lowest BCUT2D eigenvalue weighted by Gasteiger charge is -2.21. The van der Waals surface area contributed by atoms with Gasteiger partial charge in [-0.1, -0.05) is 65.7 Å². The molecule has 5 rings (SSSR count). The first-order chi connectivity index (χ1) is 17.0. The van der Waals surface area contributed by atoms with Crippen LogP contribution in [0.3, 0.4) is 0 Å². The molecule has 0 N–H and O–H groups in total. The second kappa shape index (κ2) is 9.49. The van der Waals surface area contributed by atoms with Crippen LogP contribution in [-0.2, 0) is 11.2 Å². The third-order valence-corrected chi connectivity index (χ3v) is 6.45. The Labute approximate surface area is 210 Å². The summed E-state index contributed by atoms with van der Waals surface area (Å²) in [6.07, 6.45) is 1.78. The average Bonchev–Trinajstić information content (AvgIpc) is 3.25. The van der Waals surface area contributed by atoms with Crippen LogP contribution >= 0.6 is 23.2 Å². The molecule has 0 radical (unpaired) electrons. The molecule has 0 bridgehead atoms. The molecule has 2 heterocycles. The highest BCUT2D eigenvalue weighted by Gasteiger charge is 2.27. The molecule has 5 aromatic rings. The third kappa shape index (κ3) is 4.38. The molecule has 0 saturated carbocycles. The maximum absolute atomic E-state index is 13.1. The van der Waals surface area contributed by atoms with Gasteiger partial charge in [-0.15, -0.1) is 0 Å². The van der Waals surface area contributed by atoms with Gasteiger partial charge in [-0.2, -0.15) is 4.73 Å². The van der Waals surface area contributed by atoms with Crippen molar-refractivity contribution in [1.29, 1.82) is 0 Å². The molecule has 0 aliphatic carbocycles. The third-order valence-electron chi connectivity index (χ3n) is 5.80. The van der Waals surface area contributed by atoms with E-state index < -0.39 is 12.1 Å². The maximum atomic E-state index is 13.1. The van der Waals surface area contributed by atoms with Crippen molar-refractivity contribution in [2.45, 2.75) is 12.5 Å². The Kier molecular flexibility index (Phi) is 6.24. The standard InChI is InChI=1S/C27H19Cl2NO5/c1-33-23-12-11-18(25-17-9-5-6-10-22(17)34-26(23)25)24(35-27(31)16-7-3-2-4-8-16)13-19-20(28)14-30(32)15-21(19)29/h2-12,14-15,24H,13H2,1H3. The van der Waals surface area contributed by atoms with Gasteiger partial charge in [-0.05, 0) is 24.3 Å². The first-order valence-corrected chi connectivity index (χ1v) is 11.5. The summed E-state index contributed by atoms with van der Waals surface area (Å²) in [7, 11) is 1.57. The predicted octanol–water partition coefficient (Wildman–Crippen LogP) is 6.68. The monoisotopic (exact) mass is 507 g/mol. The van der Waals surface area contributed by atoms with E-state index in [-0.39, 0.29) is 16.5 Å². The van der Waals surface area contributed by atoms with Crippen LogP contribution in [-0.4, -0.2) is 13.1 Å². The van der Waals surface area contributed by atoms with E-state index >= 15 is 0 Å². The smallest absolute Gasteiger partial charge is 0.338 e. The van der Waals surface area contributed by atoms with Crippen molar-refractivity contribution in [1.82, 2.24) is 0 Å². The van der Waals surface area contributed by atoms with Gasteiger partial charge in [0.2, 0.25) is 0 Å². The number of rotatable bonds is 6. The zero-order chi connectivity index (χ0) is 24.5. The fourth-order valence-electron chi connectivity index (χ4n) is 4.16. The van der Waals surface area contributed by atoms with E-state index in [0.29, 0.717) is 38.3 Å². The van der Waals surface area contributed by atoms with Gasteiger partial charge in [0.1, 0.15) is 21.7 Å². The zero-order valence-corrected chi connectivity index (χ0v) is 20.0. The second-order valence-corrected chi connectivity index (χ2v) is 8.73. The lowest BCUT2D eigenvalue weighted by Crippen LogP contribution is -2.25. The van der Waals surface area contributed by atoms with Gasteiger partial charge in [-0.25, -0.2) is 4.79 Å².